The van der Waals surface area contributed by atoms with Gasteiger partial charge in [0.1, 0.15) is 5.82 Å². The molecule has 0 amide bonds. The molecular formula is C18H16N4. The summed E-state index contributed by atoms with van der Waals surface area (Å²) in [6, 6.07) is 16.2. The quantitative estimate of drug-likeness (QED) is 0.609. The van der Waals surface area contributed by atoms with Crippen LogP contribution in [0.25, 0.3) is 33.3 Å². The van der Waals surface area contributed by atoms with E-state index in [0.717, 1.165) is 39.0 Å². The third-order valence-corrected chi connectivity index (χ3v) is 3.84. The van der Waals surface area contributed by atoms with Crippen LogP contribution < -0.4 is 4.90 Å². The van der Waals surface area contributed by atoms with Gasteiger partial charge in [0.25, 0.3) is 0 Å². The van der Waals surface area contributed by atoms with Crippen LogP contribution >= 0.6 is 0 Å². The first-order valence-corrected chi connectivity index (χ1v) is 7.24. The molecule has 2 aromatic carbocycles. The molecule has 0 aliphatic rings. The first kappa shape index (κ1) is 12.8. The van der Waals surface area contributed by atoms with E-state index in [-0.39, 0.29) is 0 Å². The van der Waals surface area contributed by atoms with E-state index in [2.05, 4.69) is 20.9 Å². The van der Waals surface area contributed by atoms with Crippen LogP contribution in [0.2, 0.25) is 0 Å². The van der Waals surface area contributed by atoms with Crippen LogP contribution in [0, 0.1) is 0 Å². The lowest BCUT2D eigenvalue weighted by atomic mass is 10.1. The van der Waals surface area contributed by atoms with Crippen molar-refractivity contribution >= 4 is 27.6 Å². The van der Waals surface area contributed by atoms with E-state index in [1.54, 1.807) is 0 Å². The zero-order chi connectivity index (χ0) is 15.1. The molecule has 4 nitrogen and oxygen atoms in total. The minimum atomic E-state index is 0.850. The number of benzene rings is 2. The number of nitrogens with zero attached hydrogens (tertiary/aromatic N) is 3. The van der Waals surface area contributed by atoms with Gasteiger partial charge in [-0.15, -0.1) is 0 Å². The SMILES string of the molecule is CN(C)c1c(-c2nc3ccccc3[nH]2)cnc2ccccc12. The maximum Gasteiger partial charge on any atom is 0.142 e. The molecule has 4 aromatic rings. The zero-order valence-corrected chi connectivity index (χ0v) is 12.5. The van der Waals surface area contributed by atoms with Gasteiger partial charge < -0.3 is 9.88 Å². The summed E-state index contributed by atoms with van der Waals surface area (Å²) in [6.45, 7) is 0. The predicted octanol–water partition coefficient (Wildman–Crippen LogP) is 3.84. The second kappa shape index (κ2) is 4.84. The largest absolute Gasteiger partial charge is 0.376 e. The van der Waals surface area contributed by atoms with Gasteiger partial charge in [-0.25, -0.2) is 4.98 Å². The maximum atomic E-state index is 4.71. The monoisotopic (exact) mass is 288 g/mol. The van der Waals surface area contributed by atoms with Crippen LogP contribution in [-0.4, -0.2) is 29.0 Å². The number of aromatic amines is 1. The summed E-state index contributed by atoms with van der Waals surface area (Å²) in [5, 5.41) is 1.13. The Morgan fingerprint density at radius 2 is 1.64 bits per heavy atom. The highest BCUT2D eigenvalue weighted by molar-refractivity contribution is 5.99. The van der Waals surface area contributed by atoms with Crippen LogP contribution in [-0.2, 0) is 0 Å². The van der Waals surface area contributed by atoms with E-state index in [4.69, 9.17) is 4.98 Å². The summed E-state index contributed by atoms with van der Waals surface area (Å²) >= 11 is 0. The Kier molecular flexibility index (Phi) is 2.82. The smallest absolute Gasteiger partial charge is 0.142 e. The van der Waals surface area contributed by atoms with E-state index in [0.29, 0.717) is 0 Å². The molecular weight excluding hydrogens is 272 g/mol. The fraction of sp³-hybridized carbons (Fsp3) is 0.111. The number of H-pyrrole nitrogens is 1. The van der Waals surface area contributed by atoms with E-state index in [1.165, 1.54) is 0 Å². The summed E-state index contributed by atoms with van der Waals surface area (Å²) in [5.74, 6) is 0.850. The third-order valence-electron chi connectivity index (χ3n) is 3.84. The first-order chi connectivity index (χ1) is 10.7. The maximum absolute atomic E-state index is 4.71. The fourth-order valence-corrected chi connectivity index (χ4v) is 2.86. The third kappa shape index (κ3) is 1.92. The van der Waals surface area contributed by atoms with Crippen LogP contribution in [0.3, 0.4) is 0 Å². The zero-order valence-electron chi connectivity index (χ0n) is 12.5. The predicted molar refractivity (Wildman–Crippen MR) is 91.2 cm³/mol. The number of hydrogen-bond donors (Lipinski definition) is 1. The van der Waals surface area contributed by atoms with Crippen molar-refractivity contribution < 1.29 is 0 Å². The molecule has 0 radical (unpaired) electrons. The molecule has 4 heteroatoms. The van der Waals surface area contributed by atoms with E-state index >= 15 is 0 Å². The molecule has 0 spiro atoms. The van der Waals surface area contributed by atoms with Crippen molar-refractivity contribution in [3.63, 3.8) is 0 Å². The van der Waals surface area contributed by atoms with E-state index in [9.17, 15) is 0 Å². The number of hydrogen-bond acceptors (Lipinski definition) is 3. The Balaban J connectivity index is 2.03. The standard InChI is InChI=1S/C18H16N4/c1-22(2)17-12-7-3-4-8-14(12)19-11-13(17)18-20-15-9-5-6-10-16(15)21-18/h3-11H,1-2H3,(H,20,21). The van der Waals surface area contributed by atoms with Crippen molar-refractivity contribution in [3.8, 4) is 11.4 Å². The normalized spacial score (nSPS) is 11.2. The van der Waals surface area contributed by atoms with E-state index in [1.807, 2.05) is 62.8 Å². The summed E-state index contributed by atoms with van der Waals surface area (Å²) in [5.41, 5.74) is 5.14. The van der Waals surface area contributed by atoms with Gasteiger partial charge in [-0.05, 0) is 18.2 Å². The van der Waals surface area contributed by atoms with Crippen LogP contribution in [0.5, 0.6) is 0 Å². The Morgan fingerprint density at radius 1 is 0.909 bits per heavy atom. The van der Waals surface area contributed by atoms with Gasteiger partial charge in [0.2, 0.25) is 0 Å². The number of nitrogens with one attached hydrogen (secondary N) is 1. The van der Waals surface area contributed by atoms with Crippen molar-refractivity contribution in [1.82, 2.24) is 15.0 Å². The first-order valence-electron chi connectivity index (χ1n) is 7.24. The molecule has 2 heterocycles. The summed E-state index contributed by atoms with van der Waals surface area (Å²) in [4.78, 5) is 14.8. The van der Waals surface area contributed by atoms with Gasteiger partial charge in [0, 0.05) is 25.7 Å². The molecule has 0 atom stereocenters. The lowest BCUT2D eigenvalue weighted by Gasteiger charge is -2.18. The highest BCUT2D eigenvalue weighted by Gasteiger charge is 2.15. The Morgan fingerprint density at radius 3 is 2.41 bits per heavy atom. The second-order valence-corrected chi connectivity index (χ2v) is 5.53. The molecule has 0 aliphatic heterocycles. The molecule has 1 N–H and O–H groups in total. The molecule has 4 rings (SSSR count). The number of para-hydroxylation sites is 3. The molecule has 0 fully saturated rings. The summed E-state index contributed by atoms with van der Waals surface area (Å²) < 4.78 is 0. The van der Waals surface area contributed by atoms with Crippen LogP contribution in [0.15, 0.2) is 54.7 Å². The number of anilines is 1. The Labute approximate surface area is 128 Å². The number of pyridine rings is 1. The highest BCUT2D eigenvalue weighted by atomic mass is 15.1. The average Bonchev–Trinajstić information content (AvgIpc) is 2.97. The van der Waals surface area contributed by atoms with Gasteiger partial charge in [-0.2, -0.15) is 0 Å². The number of rotatable bonds is 2. The second-order valence-electron chi connectivity index (χ2n) is 5.53. The molecule has 0 aliphatic carbocycles. The van der Waals surface area contributed by atoms with Crippen molar-refractivity contribution in [1.29, 1.82) is 0 Å². The molecule has 0 saturated carbocycles. The minimum absolute atomic E-state index is 0.850. The Bertz CT molecular complexity index is 936. The molecule has 2 aromatic heterocycles. The van der Waals surface area contributed by atoms with Crippen molar-refractivity contribution in [3.05, 3.63) is 54.7 Å². The topological polar surface area (TPSA) is 44.8 Å². The van der Waals surface area contributed by atoms with Gasteiger partial charge in [0.05, 0.1) is 27.8 Å². The number of aromatic nitrogens is 3. The van der Waals surface area contributed by atoms with Crippen molar-refractivity contribution in [2.24, 2.45) is 0 Å². The molecule has 0 saturated heterocycles. The van der Waals surface area contributed by atoms with E-state index < -0.39 is 0 Å². The van der Waals surface area contributed by atoms with Gasteiger partial charge >= 0.3 is 0 Å². The number of fused-ring (bicyclic) bond motifs is 2. The lowest BCUT2D eigenvalue weighted by Crippen LogP contribution is -2.11. The van der Waals surface area contributed by atoms with Crippen molar-refractivity contribution in [2.45, 2.75) is 0 Å². The summed E-state index contributed by atoms with van der Waals surface area (Å²) in [6.07, 6.45) is 1.90. The van der Waals surface area contributed by atoms with Gasteiger partial charge in [-0.1, -0.05) is 30.3 Å². The van der Waals surface area contributed by atoms with Crippen molar-refractivity contribution in [2.75, 3.05) is 19.0 Å². The molecule has 0 bridgehead atoms. The lowest BCUT2D eigenvalue weighted by molar-refractivity contribution is 1.13. The average molecular weight is 288 g/mol. The Hall–Kier alpha value is -2.88. The van der Waals surface area contributed by atoms with Gasteiger partial charge in [0.15, 0.2) is 0 Å². The molecule has 22 heavy (non-hydrogen) atoms. The molecule has 0 unspecified atom stereocenters. The highest BCUT2D eigenvalue weighted by Crippen LogP contribution is 2.34. The van der Waals surface area contributed by atoms with Crippen LogP contribution in [0.4, 0.5) is 5.69 Å². The minimum Gasteiger partial charge on any atom is -0.376 e. The number of imidazole rings is 1. The molecule has 108 valence electrons. The van der Waals surface area contributed by atoms with Gasteiger partial charge in [-0.3, -0.25) is 4.98 Å². The summed E-state index contributed by atoms with van der Waals surface area (Å²) in [7, 11) is 4.10. The fourth-order valence-electron chi connectivity index (χ4n) is 2.86. The van der Waals surface area contributed by atoms with Crippen LogP contribution in [0.1, 0.15) is 0 Å².